The predicted octanol–water partition coefficient (Wildman–Crippen LogP) is 1.99. The average molecular weight is 302 g/mol. The number of rotatable bonds is 4. The van der Waals surface area contributed by atoms with Gasteiger partial charge in [-0.25, -0.2) is 8.42 Å². The summed E-state index contributed by atoms with van der Waals surface area (Å²) in [5.41, 5.74) is 0. The fourth-order valence-electron chi connectivity index (χ4n) is 2.70. The average Bonchev–Trinajstić information content (AvgIpc) is 2.70. The zero-order chi connectivity index (χ0) is 14.0. The monoisotopic (exact) mass is 302 g/mol. The van der Waals surface area contributed by atoms with Gasteiger partial charge < -0.3 is 5.32 Å². The zero-order valence-corrected chi connectivity index (χ0v) is 13.4. The summed E-state index contributed by atoms with van der Waals surface area (Å²) in [6.07, 6.45) is 2.06. The van der Waals surface area contributed by atoms with E-state index in [1.807, 2.05) is 20.9 Å². The first-order valence-corrected chi connectivity index (χ1v) is 8.92. The molecule has 1 N–H and O–H groups in total. The SMILES string of the molecule is CNC[C@@H]1CCCN(S(=O)(=O)c2cc(C)sc2C)C1. The lowest BCUT2D eigenvalue weighted by Gasteiger charge is -2.31. The van der Waals surface area contributed by atoms with Crippen LogP contribution in [0, 0.1) is 19.8 Å². The van der Waals surface area contributed by atoms with Crippen molar-refractivity contribution in [2.75, 3.05) is 26.7 Å². The molecule has 1 saturated heterocycles. The molecule has 0 spiro atoms. The summed E-state index contributed by atoms with van der Waals surface area (Å²) in [5, 5.41) is 3.15. The number of piperidine rings is 1. The molecule has 4 nitrogen and oxygen atoms in total. The van der Waals surface area contributed by atoms with Gasteiger partial charge in [-0.05, 0) is 52.3 Å². The van der Waals surface area contributed by atoms with Crippen LogP contribution in [-0.4, -0.2) is 39.4 Å². The van der Waals surface area contributed by atoms with Crippen LogP contribution in [0.15, 0.2) is 11.0 Å². The summed E-state index contributed by atoms with van der Waals surface area (Å²) < 4.78 is 27.0. The van der Waals surface area contributed by atoms with Crippen molar-refractivity contribution in [1.29, 1.82) is 0 Å². The van der Waals surface area contributed by atoms with E-state index in [0.717, 1.165) is 29.1 Å². The summed E-state index contributed by atoms with van der Waals surface area (Å²) in [4.78, 5) is 2.45. The van der Waals surface area contributed by atoms with Crippen molar-refractivity contribution in [1.82, 2.24) is 9.62 Å². The van der Waals surface area contributed by atoms with E-state index in [-0.39, 0.29) is 0 Å². The number of nitrogens with one attached hydrogen (secondary N) is 1. The van der Waals surface area contributed by atoms with E-state index in [9.17, 15) is 8.42 Å². The number of nitrogens with zero attached hydrogens (tertiary/aromatic N) is 1. The van der Waals surface area contributed by atoms with Gasteiger partial charge in [-0.2, -0.15) is 4.31 Å². The predicted molar refractivity (Wildman–Crippen MR) is 79.2 cm³/mol. The first-order chi connectivity index (χ1) is 8.95. The third-order valence-electron chi connectivity index (χ3n) is 3.59. The summed E-state index contributed by atoms with van der Waals surface area (Å²) in [6, 6.07) is 1.80. The Morgan fingerprint density at radius 3 is 2.79 bits per heavy atom. The second-order valence-electron chi connectivity index (χ2n) is 5.21. The molecule has 0 bridgehead atoms. The van der Waals surface area contributed by atoms with E-state index < -0.39 is 10.0 Å². The van der Waals surface area contributed by atoms with Crippen LogP contribution in [0.5, 0.6) is 0 Å². The molecule has 1 fully saturated rings. The highest BCUT2D eigenvalue weighted by Crippen LogP contribution is 2.30. The van der Waals surface area contributed by atoms with Crippen LogP contribution in [0.25, 0.3) is 0 Å². The molecule has 6 heteroatoms. The molecule has 0 saturated carbocycles. The van der Waals surface area contributed by atoms with Crippen LogP contribution in [0.3, 0.4) is 0 Å². The van der Waals surface area contributed by atoms with Gasteiger partial charge in [-0.15, -0.1) is 11.3 Å². The van der Waals surface area contributed by atoms with Crippen molar-refractivity contribution in [2.45, 2.75) is 31.6 Å². The van der Waals surface area contributed by atoms with Gasteiger partial charge in [0.15, 0.2) is 0 Å². The highest BCUT2D eigenvalue weighted by molar-refractivity contribution is 7.89. The molecule has 2 rings (SSSR count). The van der Waals surface area contributed by atoms with E-state index in [1.165, 1.54) is 0 Å². The molecular formula is C13H22N2O2S2. The van der Waals surface area contributed by atoms with Gasteiger partial charge in [0, 0.05) is 22.8 Å². The number of hydrogen-bond acceptors (Lipinski definition) is 4. The van der Waals surface area contributed by atoms with E-state index >= 15 is 0 Å². The van der Waals surface area contributed by atoms with Gasteiger partial charge in [-0.3, -0.25) is 0 Å². The summed E-state index contributed by atoms with van der Waals surface area (Å²) in [5.74, 6) is 0.425. The van der Waals surface area contributed by atoms with Gasteiger partial charge >= 0.3 is 0 Å². The first kappa shape index (κ1) is 15.0. The Bertz CT molecular complexity index is 535. The van der Waals surface area contributed by atoms with Gasteiger partial charge in [0.1, 0.15) is 0 Å². The largest absolute Gasteiger partial charge is 0.319 e. The van der Waals surface area contributed by atoms with E-state index in [0.29, 0.717) is 23.9 Å². The van der Waals surface area contributed by atoms with Crippen LogP contribution in [0.1, 0.15) is 22.6 Å². The van der Waals surface area contributed by atoms with Gasteiger partial charge in [-0.1, -0.05) is 0 Å². The Balaban J connectivity index is 2.22. The van der Waals surface area contributed by atoms with Crippen molar-refractivity contribution in [3.63, 3.8) is 0 Å². The van der Waals surface area contributed by atoms with Crippen LogP contribution in [0.4, 0.5) is 0 Å². The standard InChI is InChI=1S/C13H22N2O2S2/c1-10-7-13(11(2)18-10)19(16,17)15-6-4-5-12(9-15)8-14-3/h7,12,14H,4-6,8-9H2,1-3H3/t12-/m0/s1. The summed E-state index contributed by atoms with van der Waals surface area (Å²) in [7, 11) is -1.39. The molecule has 1 aliphatic rings. The topological polar surface area (TPSA) is 49.4 Å². The number of thiophene rings is 1. The summed E-state index contributed by atoms with van der Waals surface area (Å²) >= 11 is 1.55. The van der Waals surface area contributed by atoms with Crippen LogP contribution < -0.4 is 5.32 Å². The van der Waals surface area contributed by atoms with Crippen molar-refractivity contribution in [3.05, 3.63) is 15.8 Å². The normalized spacial score (nSPS) is 21.7. The molecule has 1 aromatic heterocycles. The molecule has 0 amide bonds. The maximum atomic E-state index is 12.7. The highest BCUT2D eigenvalue weighted by Gasteiger charge is 2.31. The number of aryl methyl sites for hydroxylation is 2. The second-order valence-corrected chi connectivity index (χ2v) is 8.57. The molecule has 19 heavy (non-hydrogen) atoms. The minimum absolute atomic E-state index is 0.425. The highest BCUT2D eigenvalue weighted by atomic mass is 32.2. The number of sulfonamides is 1. The van der Waals surface area contributed by atoms with E-state index in [1.54, 1.807) is 21.7 Å². The molecule has 2 heterocycles. The lowest BCUT2D eigenvalue weighted by Crippen LogP contribution is -2.42. The molecule has 1 aliphatic heterocycles. The van der Waals surface area contributed by atoms with Gasteiger partial charge in [0.25, 0.3) is 0 Å². The van der Waals surface area contributed by atoms with Crippen LogP contribution in [-0.2, 0) is 10.0 Å². The van der Waals surface area contributed by atoms with Crippen molar-refractivity contribution in [3.8, 4) is 0 Å². The Labute approximate surface area is 119 Å². The smallest absolute Gasteiger partial charge is 0.244 e. The number of hydrogen-bond donors (Lipinski definition) is 1. The maximum absolute atomic E-state index is 12.7. The third-order valence-corrected chi connectivity index (χ3v) is 6.67. The minimum Gasteiger partial charge on any atom is -0.319 e. The summed E-state index contributed by atoms with van der Waals surface area (Å²) in [6.45, 7) is 6.01. The maximum Gasteiger partial charge on any atom is 0.244 e. The molecule has 0 aromatic carbocycles. The van der Waals surface area contributed by atoms with Crippen LogP contribution in [0.2, 0.25) is 0 Å². The Morgan fingerprint density at radius 1 is 1.47 bits per heavy atom. The fourth-order valence-corrected chi connectivity index (χ4v) is 5.78. The van der Waals surface area contributed by atoms with Crippen molar-refractivity contribution < 1.29 is 8.42 Å². The van der Waals surface area contributed by atoms with Crippen molar-refractivity contribution >= 4 is 21.4 Å². The quantitative estimate of drug-likeness (QED) is 0.925. The molecule has 0 radical (unpaired) electrons. The zero-order valence-electron chi connectivity index (χ0n) is 11.8. The van der Waals surface area contributed by atoms with E-state index in [4.69, 9.17) is 0 Å². The molecule has 0 aliphatic carbocycles. The molecular weight excluding hydrogens is 280 g/mol. The lowest BCUT2D eigenvalue weighted by molar-refractivity contribution is 0.263. The third kappa shape index (κ3) is 3.18. The fraction of sp³-hybridized carbons (Fsp3) is 0.692. The van der Waals surface area contributed by atoms with Crippen LogP contribution >= 0.6 is 11.3 Å². The van der Waals surface area contributed by atoms with Gasteiger partial charge in [0.2, 0.25) is 10.0 Å². The van der Waals surface area contributed by atoms with Gasteiger partial charge in [0.05, 0.1) is 4.90 Å². The van der Waals surface area contributed by atoms with E-state index in [2.05, 4.69) is 5.32 Å². The first-order valence-electron chi connectivity index (χ1n) is 6.67. The van der Waals surface area contributed by atoms with Crippen molar-refractivity contribution in [2.24, 2.45) is 5.92 Å². The minimum atomic E-state index is -3.31. The molecule has 0 unspecified atom stereocenters. The molecule has 1 aromatic rings. The Hall–Kier alpha value is -0.430. The molecule has 1 atom stereocenters. The second kappa shape index (κ2) is 5.91. The lowest BCUT2D eigenvalue weighted by atomic mass is 10.00. The Kier molecular flexibility index (Phi) is 4.66. The molecule has 108 valence electrons. The Morgan fingerprint density at radius 2 is 2.21 bits per heavy atom.